The molecule has 0 amide bonds. The van der Waals surface area contributed by atoms with Crippen LogP contribution in [0.5, 0.6) is 11.5 Å². The smallest absolute Gasteiger partial charge is 0.387 e. The molecule has 6 nitrogen and oxygen atoms in total. The van der Waals surface area contributed by atoms with Gasteiger partial charge in [-0.05, 0) is 87.3 Å². The normalized spacial score (nSPS) is 15.9. The van der Waals surface area contributed by atoms with Crippen LogP contribution in [-0.4, -0.2) is 47.2 Å². The summed E-state index contributed by atoms with van der Waals surface area (Å²) >= 11 is 0. The highest BCUT2D eigenvalue weighted by molar-refractivity contribution is 7.92. The minimum atomic E-state index is -4.03. The van der Waals surface area contributed by atoms with Crippen molar-refractivity contribution < 1.29 is 26.7 Å². The maximum absolute atomic E-state index is 13.0. The summed E-state index contributed by atoms with van der Waals surface area (Å²) in [4.78, 5) is 2.27. The van der Waals surface area contributed by atoms with Gasteiger partial charge in [-0.15, -0.1) is 0 Å². The highest BCUT2D eigenvalue weighted by Gasteiger charge is 2.25. The van der Waals surface area contributed by atoms with Gasteiger partial charge in [0.15, 0.2) is 0 Å². The summed E-state index contributed by atoms with van der Waals surface area (Å²) in [6.45, 7) is 0.504. The number of rotatable bonds is 7. The third-order valence-corrected chi connectivity index (χ3v) is 6.63. The number of anilines is 1. The van der Waals surface area contributed by atoms with E-state index < -0.39 is 16.6 Å². The summed E-state index contributed by atoms with van der Waals surface area (Å²) in [7, 11) is -0.415. The van der Waals surface area contributed by atoms with E-state index >= 15 is 0 Å². The Balaban J connectivity index is 1.93. The molecule has 2 aromatic carbocycles. The lowest BCUT2D eigenvalue weighted by atomic mass is 9.89. The first kappa shape index (κ1) is 22.3. The van der Waals surface area contributed by atoms with E-state index in [1.165, 1.54) is 18.2 Å². The molecule has 1 aliphatic rings. The quantitative estimate of drug-likeness (QED) is 0.699. The largest absolute Gasteiger partial charge is 0.496 e. The lowest BCUT2D eigenvalue weighted by Crippen LogP contribution is -2.29. The molecule has 0 spiro atoms. The predicted octanol–water partition coefficient (Wildman–Crippen LogP) is 4.22. The Bertz CT molecular complexity index is 990. The molecular weight excluding hydrogens is 414 g/mol. The number of halogens is 2. The molecule has 9 heteroatoms. The second kappa shape index (κ2) is 9.18. The standard InChI is InChI=1S/C21H26F2N2O4S/c1-14-4-6-20(29-21(22)23)18(12-14)24-30(26,27)16-5-7-19(28-3)17(13-16)15-8-10-25(2)11-9-15/h4-7,12-13,15,21,24H,8-11H2,1-3H3. The molecule has 0 unspecified atom stereocenters. The van der Waals surface area contributed by atoms with Crippen LogP contribution >= 0.6 is 0 Å². The Morgan fingerprint density at radius 1 is 1.10 bits per heavy atom. The number of ether oxygens (including phenoxy) is 2. The van der Waals surface area contributed by atoms with Gasteiger partial charge in [0.25, 0.3) is 10.0 Å². The molecule has 1 heterocycles. The SMILES string of the molecule is COc1ccc(S(=O)(=O)Nc2cc(C)ccc2OC(F)F)cc1C1CCN(C)CC1. The number of aryl methyl sites for hydroxylation is 1. The zero-order valence-electron chi connectivity index (χ0n) is 17.2. The first-order chi connectivity index (χ1) is 14.2. The maximum atomic E-state index is 13.0. The van der Waals surface area contributed by atoms with Gasteiger partial charge < -0.3 is 14.4 Å². The summed E-state index contributed by atoms with van der Waals surface area (Å²) in [6, 6.07) is 9.04. The average molecular weight is 441 g/mol. The number of piperidine rings is 1. The number of hydrogen-bond donors (Lipinski definition) is 1. The molecule has 1 fully saturated rings. The molecule has 0 atom stereocenters. The van der Waals surface area contributed by atoms with Crippen molar-refractivity contribution in [2.24, 2.45) is 0 Å². The third-order valence-electron chi connectivity index (χ3n) is 5.27. The van der Waals surface area contributed by atoms with Crippen molar-refractivity contribution in [1.82, 2.24) is 4.90 Å². The fraction of sp³-hybridized carbons (Fsp3) is 0.429. The van der Waals surface area contributed by atoms with Crippen molar-refractivity contribution in [3.05, 3.63) is 47.5 Å². The third kappa shape index (κ3) is 5.20. The number of likely N-dealkylation sites (tertiary alicyclic amines) is 1. The van der Waals surface area contributed by atoms with E-state index in [4.69, 9.17) is 4.74 Å². The van der Waals surface area contributed by atoms with Gasteiger partial charge in [0.2, 0.25) is 0 Å². The molecular formula is C21H26F2N2O4S. The first-order valence-corrected chi connectivity index (χ1v) is 11.1. The van der Waals surface area contributed by atoms with Crippen LogP contribution in [0.3, 0.4) is 0 Å². The van der Waals surface area contributed by atoms with Crippen molar-refractivity contribution in [2.45, 2.75) is 37.2 Å². The monoisotopic (exact) mass is 440 g/mol. The molecule has 3 rings (SSSR count). The molecule has 30 heavy (non-hydrogen) atoms. The number of hydrogen-bond acceptors (Lipinski definition) is 5. The van der Waals surface area contributed by atoms with Gasteiger partial charge in [-0.3, -0.25) is 4.72 Å². The van der Waals surface area contributed by atoms with Crippen molar-refractivity contribution in [3.63, 3.8) is 0 Å². The van der Waals surface area contributed by atoms with E-state index in [2.05, 4.69) is 21.4 Å². The van der Waals surface area contributed by atoms with Gasteiger partial charge in [-0.2, -0.15) is 8.78 Å². The van der Waals surface area contributed by atoms with Gasteiger partial charge in [-0.1, -0.05) is 6.07 Å². The van der Waals surface area contributed by atoms with E-state index in [0.29, 0.717) is 11.3 Å². The molecule has 0 saturated carbocycles. The summed E-state index contributed by atoms with van der Waals surface area (Å²) in [5, 5.41) is 0. The fourth-order valence-corrected chi connectivity index (χ4v) is 4.74. The number of nitrogens with one attached hydrogen (secondary N) is 1. The number of nitrogens with zero attached hydrogens (tertiary/aromatic N) is 1. The summed E-state index contributed by atoms with van der Waals surface area (Å²) in [5.74, 6) is 0.590. The summed E-state index contributed by atoms with van der Waals surface area (Å²) in [5.41, 5.74) is 1.50. The van der Waals surface area contributed by atoms with Gasteiger partial charge >= 0.3 is 6.61 Å². The summed E-state index contributed by atoms with van der Waals surface area (Å²) < 4.78 is 63.8. The molecule has 1 N–H and O–H groups in total. The van der Waals surface area contributed by atoms with Crippen LogP contribution in [0.25, 0.3) is 0 Å². The average Bonchev–Trinajstić information content (AvgIpc) is 2.69. The van der Waals surface area contributed by atoms with Crippen LogP contribution in [0.15, 0.2) is 41.3 Å². The number of methoxy groups -OCH3 is 1. The lowest BCUT2D eigenvalue weighted by molar-refractivity contribution is -0.0493. The van der Waals surface area contributed by atoms with Crippen LogP contribution < -0.4 is 14.2 Å². The van der Waals surface area contributed by atoms with Crippen molar-refractivity contribution >= 4 is 15.7 Å². The second-order valence-corrected chi connectivity index (χ2v) is 9.15. The van der Waals surface area contributed by atoms with E-state index in [9.17, 15) is 17.2 Å². The van der Waals surface area contributed by atoms with E-state index in [-0.39, 0.29) is 22.3 Å². The minimum absolute atomic E-state index is 0.0352. The molecule has 2 aromatic rings. The van der Waals surface area contributed by atoms with Crippen molar-refractivity contribution in [3.8, 4) is 11.5 Å². The maximum Gasteiger partial charge on any atom is 0.387 e. The number of alkyl halides is 2. The van der Waals surface area contributed by atoms with Crippen LogP contribution in [0.4, 0.5) is 14.5 Å². The molecule has 0 aliphatic carbocycles. The van der Waals surface area contributed by atoms with E-state index in [1.807, 2.05) is 0 Å². The second-order valence-electron chi connectivity index (χ2n) is 7.46. The topological polar surface area (TPSA) is 67.9 Å². The Hall–Kier alpha value is -2.39. The van der Waals surface area contributed by atoms with Gasteiger partial charge in [0.1, 0.15) is 11.5 Å². The summed E-state index contributed by atoms with van der Waals surface area (Å²) in [6.07, 6.45) is 1.79. The van der Waals surface area contributed by atoms with Gasteiger partial charge in [-0.25, -0.2) is 8.42 Å². The van der Waals surface area contributed by atoms with Gasteiger partial charge in [0, 0.05) is 0 Å². The fourth-order valence-electron chi connectivity index (χ4n) is 3.64. The predicted molar refractivity (Wildman–Crippen MR) is 111 cm³/mol. The van der Waals surface area contributed by atoms with E-state index in [0.717, 1.165) is 31.5 Å². The van der Waals surface area contributed by atoms with Crippen LogP contribution in [0, 0.1) is 6.92 Å². The molecule has 0 bridgehead atoms. The molecule has 164 valence electrons. The van der Waals surface area contributed by atoms with Crippen LogP contribution in [0.1, 0.15) is 29.9 Å². The number of sulfonamides is 1. The Morgan fingerprint density at radius 2 is 1.77 bits per heavy atom. The molecule has 0 radical (unpaired) electrons. The van der Waals surface area contributed by atoms with Crippen LogP contribution in [0.2, 0.25) is 0 Å². The Kier molecular flexibility index (Phi) is 6.82. The zero-order chi connectivity index (χ0) is 21.9. The Labute approximate surface area is 175 Å². The van der Waals surface area contributed by atoms with Crippen molar-refractivity contribution in [2.75, 3.05) is 32.0 Å². The van der Waals surface area contributed by atoms with E-state index in [1.54, 1.807) is 32.2 Å². The minimum Gasteiger partial charge on any atom is -0.496 e. The first-order valence-electron chi connectivity index (χ1n) is 9.64. The Morgan fingerprint density at radius 3 is 2.40 bits per heavy atom. The molecule has 1 aliphatic heterocycles. The number of benzene rings is 2. The highest BCUT2D eigenvalue weighted by atomic mass is 32.2. The molecule has 1 saturated heterocycles. The van der Waals surface area contributed by atoms with Gasteiger partial charge in [0.05, 0.1) is 17.7 Å². The van der Waals surface area contributed by atoms with Crippen LogP contribution in [-0.2, 0) is 10.0 Å². The molecule has 0 aromatic heterocycles. The lowest BCUT2D eigenvalue weighted by Gasteiger charge is -2.30. The zero-order valence-corrected chi connectivity index (χ0v) is 18.0. The highest BCUT2D eigenvalue weighted by Crippen LogP contribution is 2.36. The van der Waals surface area contributed by atoms with Crippen molar-refractivity contribution in [1.29, 1.82) is 0 Å².